The Labute approximate surface area is 105 Å². The average molecular weight is 285 g/mol. The number of benzene rings is 1. The maximum absolute atomic E-state index is 5.56. The largest absolute Gasteiger partial charge is 0.496 e. The van der Waals surface area contributed by atoms with E-state index in [0.717, 1.165) is 16.8 Å². The van der Waals surface area contributed by atoms with Crippen molar-refractivity contribution >= 4 is 15.9 Å². The van der Waals surface area contributed by atoms with Crippen LogP contribution in [0.3, 0.4) is 0 Å². The second-order valence-electron chi connectivity index (χ2n) is 4.62. The first-order chi connectivity index (χ1) is 7.42. The van der Waals surface area contributed by atoms with Gasteiger partial charge in [0.25, 0.3) is 0 Å². The Morgan fingerprint density at radius 2 is 1.75 bits per heavy atom. The molecule has 1 aromatic carbocycles. The molecule has 0 bridgehead atoms. The van der Waals surface area contributed by atoms with Gasteiger partial charge in [-0.1, -0.05) is 15.9 Å². The van der Waals surface area contributed by atoms with Crippen molar-refractivity contribution in [1.82, 2.24) is 0 Å². The van der Waals surface area contributed by atoms with Gasteiger partial charge >= 0.3 is 0 Å². The molecule has 1 aliphatic heterocycles. The van der Waals surface area contributed by atoms with Crippen LogP contribution in [0.5, 0.6) is 5.75 Å². The van der Waals surface area contributed by atoms with Gasteiger partial charge < -0.3 is 9.47 Å². The van der Waals surface area contributed by atoms with Gasteiger partial charge in [0.15, 0.2) is 0 Å². The van der Waals surface area contributed by atoms with Crippen LogP contribution in [0, 0.1) is 20.8 Å². The van der Waals surface area contributed by atoms with Crippen LogP contribution in [0.25, 0.3) is 0 Å². The van der Waals surface area contributed by atoms with Crippen molar-refractivity contribution in [3.63, 3.8) is 0 Å². The number of rotatable bonds is 2. The molecule has 3 heteroatoms. The summed E-state index contributed by atoms with van der Waals surface area (Å²) in [7, 11) is 1.73. The molecule has 1 aromatic rings. The predicted molar refractivity (Wildman–Crippen MR) is 68.2 cm³/mol. The number of hydrogen-bond acceptors (Lipinski definition) is 2. The number of methoxy groups -OCH3 is 1. The Morgan fingerprint density at radius 3 is 2.19 bits per heavy atom. The fourth-order valence-electron chi connectivity index (χ4n) is 2.23. The summed E-state index contributed by atoms with van der Waals surface area (Å²) in [4.78, 5) is 0. The van der Waals surface area contributed by atoms with E-state index in [1.54, 1.807) is 7.11 Å². The van der Waals surface area contributed by atoms with Crippen molar-refractivity contribution in [3.05, 3.63) is 26.7 Å². The van der Waals surface area contributed by atoms with E-state index in [4.69, 9.17) is 9.47 Å². The van der Waals surface area contributed by atoms with Crippen LogP contribution in [0.15, 0.2) is 4.47 Å². The van der Waals surface area contributed by atoms with Gasteiger partial charge in [0.2, 0.25) is 0 Å². The van der Waals surface area contributed by atoms with Crippen molar-refractivity contribution in [2.45, 2.75) is 33.3 Å². The zero-order valence-electron chi connectivity index (χ0n) is 10.4. The third-order valence-electron chi connectivity index (χ3n) is 3.47. The molecule has 0 saturated carbocycles. The molecule has 88 valence electrons. The fraction of sp³-hybridized carbons (Fsp3) is 0.538. The molecule has 2 rings (SSSR count). The Hall–Kier alpha value is -0.540. The summed E-state index contributed by atoms with van der Waals surface area (Å²) in [6.07, 6.45) is 0. The highest BCUT2D eigenvalue weighted by atomic mass is 79.9. The second-order valence-corrected chi connectivity index (χ2v) is 5.41. The fourth-order valence-corrected chi connectivity index (χ4v) is 2.72. The number of ether oxygens (including phenoxy) is 2. The molecule has 16 heavy (non-hydrogen) atoms. The van der Waals surface area contributed by atoms with Gasteiger partial charge in [-0.15, -0.1) is 0 Å². The highest BCUT2D eigenvalue weighted by Gasteiger charge is 2.45. The average Bonchev–Trinajstić information content (AvgIpc) is 2.99. The van der Waals surface area contributed by atoms with E-state index in [1.165, 1.54) is 22.3 Å². The third kappa shape index (κ3) is 1.57. The van der Waals surface area contributed by atoms with Crippen molar-refractivity contribution < 1.29 is 9.47 Å². The Bertz CT molecular complexity index is 448. The summed E-state index contributed by atoms with van der Waals surface area (Å²) in [5.74, 6) is 0.971. The first-order valence-electron chi connectivity index (χ1n) is 5.40. The van der Waals surface area contributed by atoms with E-state index in [0.29, 0.717) is 0 Å². The SMILES string of the molecule is COc1c(C)c(C)c(Br)c(C)c1C1(C)CO1. The van der Waals surface area contributed by atoms with Gasteiger partial charge in [-0.2, -0.15) is 0 Å². The molecule has 1 saturated heterocycles. The molecule has 0 aliphatic carbocycles. The van der Waals surface area contributed by atoms with Gasteiger partial charge in [0.05, 0.1) is 13.7 Å². The van der Waals surface area contributed by atoms with Gasteiger partial charge in [-0.25, -0.2) is 0 Å². The van der Waals surface area contributed by atoms with Gasteiger partial charge in [-0.3, -0.25) is 0 Å². The summed E-state index contributed by atoms with van der Waals surface area (Å²) >= 11 is 3.65. The Balaban J connectivity index is 2.75. The molecule has 0 aromatic heterocycles. The van der Waals surface area contributed by atoms with E-state index < -0.39 is 0 Å². The van der Waals surface area contributed by atoms with Crippen LogP contribution >= 0.6 is 15.9 Å². The normalized spacial score (nSPS) is 23.4. The molecule has 1 aliphatic rings. The molecule has 1 fully saturated rings. The van der Waals surface area contributed by atoms with E-state index >= 15 is 0 Å². The van der Waals surface area contributed by atoms with Crippen molar-refractivity contribution in [2.75, 3.05) is 13.7 Å². The zero-order chi connectivity index (χ0) is 12.1. The van der Waals surface area contributed by atoms with Crippen LogP contribution in [-0.4, -0.2) is 13.7 Å². The minimum Gasteiger partial charge on any atom is -0.496 e. The highest BCUT2D eigenvalue weighted by molar-refractivity contribution is 9.10. The first-order valence-corrected chi connectivity index (χ1v) is 6.19. The topological polar surface area (TPSA) is 21.8 Å². The quantitative estimate of drug-likeness (QED) is 0.774. The molecular formula is C13H17BrO2. The molecule has 0 radical (unpaired) electrons. The van der Waals surface area contributed by atoms with Gasteiger partial charge in [0, 0.05) is 10.0 Å². The lowest BCUT2D eigenvalue weighted by Crippen LogP contribution is -2.10. The lowest BCUT2D eigenvalue weighted by Gasteiger charge is -2.21. The maximum atomic E-state index is 5.56. The van der Waals surface area contributed by atoms with Gasteiger partial charge in [0.1, 0.15) is 11.4 Å². The maximum Gasteiger partial charge on any atom is 0.128 e. The molecule has 2 nitrogen and oxygen atoms in total. The minimum absolute atomic E-state index is 0.156. The molecular weight excluding hydrogens is 268 g/mol. The van der Waals surface area contributed by atoms with Crippen LogP contribution < -0.4 is 4.74 Å². The predicted octanol–water partition coefficient (Wildman–Crippen LogP) is 3.63. The number of epoxide rings is 1. The van der Waals surface area contributed by atoms with E-state index in [9.17, 15) is 0 Å². The van der Waals surface area contributed by atoms with E-state index in [-0.39, 0.29) is 5.60 Å². The number of hydrogen-bond donors (Lipinski definition) is 0. The Kier molecular flexibility index (Phi) is 2.79. The second kappa shape index (κ2) is 3.74. The van der Waals surface area contributed by atoms with Crippen molar-refractivity contribution in [2.24, 2.45) is 0 Å². The van der Waals surface area contributed by atoms with Gasteiger partial charge in [-0.05, 0) is 44.4 Å². The Morgan fingerprint density at radius 1 is 1.19 bits per heavy atom. The molecule has 1 unspecified atom stereocenters. The lowest BCUT2D eigenvalue weighted by molar-refractivity contribution is 0.314. The third-order valence-corrected chi connectivity index (χ3v) is 4.66. The zero-order valence-corrected chi connectivity index (χ0v) is 12.0. The monoisotopic (exact) mass is 284 g/mol. The smallest absolute Gasteiger partial charge is 0.128 e. The first kappa shape index (κ1) is 11.9. The highest BCUT2D eigenvalue weighted by Crippen LogP contribution is 2.48. The molecule has 1 atom stereocenters. The standard InChI is InChI=1S/C13H17BrO2/c1-7-8(2)12(15-5)10(9(3)11(7)14)13(4)6-16-13/h6H2,1-5H3. The summed E-state index contributed by atoms with van der Waals surface area (Å²) in [5, 5.41) is 0. The lowest BCUT2D eigenvalue weighted by atomic mass is 9.91. The molecule has 0 N–H and O–H groups in total. The van der Waals surface area contributed by atoms with Crippen molar-refractivity contribution in [1.29, 1.82) is 0 Å². The van der Waals surface area contributed by atoms with Crippen LogP contribution in [0.2, 0.25) is 0 Å². The molecule has 0 amide bonds. The minimum atomic E-state index is -0.156. The van der Waals surface area contributed by atoms with Crippen LogP contribution in [0.1, 0.15) is 29.2 Å². The van der Waals surface area contributed by atoms with E-state index in [2.05, 4.69) is 43.6 Å². The van der Waals surface area contributed by atoms with Crippen molar-refractivity contribution in [3.8, 4) is 5.75 Å². The molecule has 1 heterocycles. The van der Waals surface area contributed by atoms with Crippen LogP contribution in [-0.2, 0) is 10.3 Å². The molecule has 0 spiro atoms. The summed E-state index contributed by atoms with van der Waals surface area (Å²) < 4.78 is 12.3. The van der Waals surface area contributed by atoms with Crippen LogP contribution in [0.4, 0.5) is 0 Å². The summed E-state index contributed by atoms with van der Waals surface area (Å²) in [6.45, 7) is 9.20. The summed E-state index contributed by atoms with van der Waals surface area (Å²) in [6, 6.07) is 0. The summed E-state index contributed by atoms with van der Waals surface area (Å²) in [5.41, 5.74) is 4.68. The number of halogens is 1. The van der Waals surface area contributed by atoms with E-state index in [1.807, 2.05) is 0 Å².